The highest BCUT2D eigenvalue weighted by Gasteiger charge is 2.22. The lowest BCUT2D eigenvalue weighted by atomic mass is 10.0. The van der Waals surface area contributed by atoms with Crippen molar-refractivity contribution in [2.45, 2.75) is 31.7 Å². The highest BCUT2D eigenvalue weighted by Crippen LogP contribution is 2.29. The van der Waals surface area contributed by atoms with Crippen molar-refractivity contribution in [2.75, 3.05) is 32.6 Å². The second-order valence-electron chi connectivity index (χ2n) is 9.67. The van der Waals surface area contributed by atoms with E-state index in [2.05, 4.69) is 16.5 Å². The van der Waals surface area contributed by atoms with Crippen LogP contribution >= 0.6 is 0 Å². The van der Waals surface area contributed by atoms with Crippen LogP contribution in [0.25, 0.3) is 10.9 Å². The first-order chi connectivity index (χ1) is 18.4. The molecular weight excluding hydrogens is 482 g/mol. The van der Waals surface area contributed by atoms with Crippen LogP contribution in [0.5, 0.6) is 5.75 Å². The number of carbonyl (C=O) groups is 2. The molecule has 0 unspecified atom stereocenters. The highest BCUT2D eigenvalue weighted by molar-refractivity contribution is 5.94. The Kier molecular flexibility index (Phi) is 7.26. The summed E-state index contributed by atoms with van der Waals surface area (Å²) in [7, 11) is 3.37. The highest BCUT2D eigenvalue weighted by atomic mass is 16.5. The molecule has 2 N–H and O–H groups in total. The van der Waals surface area contributed by atoms with Crippen molar-refractivity contribution >= 4 is 28.5 Å². The molecule has 196 valence electrons. The van der Waals surface area contributed by atoms with Gasteiger partial charge < -0.3 is 20.1 Å². The normalized spacial score (nSPS) is 13.4. The number of carboxylic acid groups (broad SMARTS) is 1. The van der Waals surface area contributed by atoms with E-state index >= 15 is 0 Å². The molecule has 3 heterocycles. The van der Waals surface area contributed by atoms with Gasteiger partial charge in [-0.2, -0.15) is 5.10 Å². The number of pyridine rings is 1. The maximum atomic E-state index is 12.5. The number of anilines is 1. The van der Waals surface area contributed by atoms with E-state index in [1.54, 1.807) is 43.2 Å². The molecule has 0 radical (unpaired) electrons. The van der Waals surface area contributed by atoms with Gasteiger partial charge in [-0.25, -0.2) is 0 Å². The predicted molar refractivity (Wildman–Crippen MR) is 145 cm³/mol. The Morgan fingerprint density at radius 1 is 1.16 bits per heavy atom. The van der Waals surface area contributed by atoms with Gasteiger partial charge in [-0.15, -0.1) is 0 Å². The minimum Gasteiger partial charge on any atom is -0.493 e. The fraction of sp³-hybridized carbons (Fsp3) is 0.310. The Morgan fingerprint density at radius 3 is 2.84 bits per heavy atom. The molecule has 0 fully saturated rings. The number of carboxylic acids is 1. The fourth-order valence-corrected chi connectivity index (χ4v) is 4.81. The summed E-state index contributed by atoms with van der Waals surface area (Å²) in [5.74, 6) is -0.380. The SMILES string of the molecule is CN(C)C(=O)c1cccc([C@H](CC(=O)O)n2ncc3cc(OCCc4ccc5c(n4)CCCN5)ccc32)c1. The molecule has 38 heavy (non-hydrogen) atoms. The number of hydrogen-bond donors (Lipinski definition) is 2. The van der Waals surface area contributed by atoms with E-state index in [-0.39, 0.29) is 12.3 Å². The number of ether oxygens (including phenoxy) is 1. The van der Waals surface area contributed by atoms with E-state index in [1.807, 2.05) is 30.3 Å². The van der Waals surface area contributed by atoms with E-state index in [4.69, 9.17) is 9.72 Å². The minimum atomic E-state index is -0.950. The van der Waals surface area contributed by atoms with Crippen molar-refractivity contribution in [3.8, 4) is 5.75 Å². The summed E-state index contributed by atoms with van der Waals surface area (Å²) in [6.45, 7) is 1.49. The maximum absolute atomic E-state index is 12.5. The fourth-order valence-electron chi connectivity index (χ4n) is 4.81. The average Bonchev–Trinajstić information content (AvgIpc) is 3.34. The van der Waals surface area contributed by atoms with Gasteiger partial charge in [0, 0.05) is 43.7 Å². The van der Waals surface area contributed by atoms with Crippen molar-refractivity contribution in [1.82, 2.24) is 19.7 Å². The van der Waals surface area contributed by atoms with Gasteiger partial charge in [-0.1, -0.05) is 12.1 Å². The lowest BCUT2D eigenvalue weighted by Gasteiger charge is -2.19. The van der Waals surface area contributed by atoms with Gasteiger partial charge in [0.25, 0.3) is 5.91 Å². The summed E-state index contributed by atoms with van der Waals surface area (Å²) in [6, 6.07) is 16.3. The van der Waals surface area contributed by atoms with E-state index in [0.717, 1.165) is 47.4 Å². The summed E-state index contributed by atoms with van der Waals surface area (Å²) < 4.78 is 7.72. The average molecular weight is 514 g/mol. The molecular formula is C29H31N5O4. The molecule has 1 aliphatic heterocycles. The number of benzene rings is 2. The first kappa shape index (κ1) is 25.3. The number of aromatic nitrogens is 3. The molecule has 0 saturated carbocycles. The summed E-state index contributed by atoms with van der Waals surface area (Å²) in [6.07, 6.45) is 4.34. The Labute approximate surface area is 221 Å². The van der Waals surface area contributed by atoms with Crippen LogP contribution in [0.4, 0.5) is 5.69 Å². The molecule has 2 aromatic heterocycles. The van der Waals surface area contributed by atoms with Gasteiger partial charge in [0.05, 0.1) is 42.2 Å². The number of aliphatic carboxylic acids is 1. The second-order valence-corrected chi connectivity index (χ2v) is 9.67. The van der Waals surface area contributed by atoms with Crippen molar-refractivity contribution < 1.29 is 19.4 Å². The van der Waals surface area contributed by atoms with Crippen molar-refractivity contribution in [1.29, 1.82) is 0 Å². The molecule has 0 spiro atoms. The summed E-state index contributed by atoms with van der Waals surface area (Å²) >= 11 is 0. The maximum Gasteiger partial charge on any atom is 0.305 e. The first-order valence-electron chi connectivity index (χ1n) is 12.7. The Balaban J connectivity index is 1.33. The third-order valence-corrected chi connectivity index (χ3v) is 6.72. The lowest BCUT2D eigenvalue weighted by Crippen LogP contribution is -2.22. The number of rotatable bonds is 9. The number of nitrogens with zero attached hydrogens (tertiary/aromatic N) is 4. The Bertz CT molecular complexity index is 1480. The van der Waals surface area contributed by atoms with E-state index in [0.29, 0.717) is 29.9 Å². The van der Waals surface area contributed by atoms with Crippen LogP contribution in [0, 0.1) is 0 Å². The monoisotopic (exact) mass is 513 g/mol. The molecule has 1 aliphatic rings. The summed E-state index contributed by atoms with van der Waals surface area (Å²) in [5, 5.41) is 18.4. The van der Waals surface area contributed by atoms with Crippen LogP contribution in [0.1, 0.15) is 46.2 Å². The summed E-state index contributed by atoms with van der Waals surface area (Å²) in [5.41, 5.74) is 5.25. The zero-order valence-electron chi connectivity index (χ0n) is 21.6. The van der Waals surface area contributed by atoms with E-state index in [9.17, 15) is 14.7 Å². The third kappa shape index (κ3) is 5.46. The van der Waals surface area contributed by atoms with Gasteiger partial charge in [-0.3, -0.25) is 19.3 Å². The smallest absolute Gasteiger partial charge is 0.305 e. The lowest BCUT2D eigenvalue weighted by molar-refractivity contribution is -0.137. The molecule has 1 atom stereocenters. The molecule has 2 aromatic carbocycles. The predicted octanol–water partition coefficient (Wildman–Crippen LogP) is 4.18. The molecule has 0 saturated heterocycles. The van der Waals surface area contributed by atoms with E-state index < -0.39 is 12.0 Å². The second kappa shape index (κ2) is 10.9. The molecule has 1 amide bonds. The molecule has 5 rings (SSSR count). The molecule has 4 aromatic rings. The number of carbonyl (C=O) groups excluding carboxylic acids is 1. The first-order valence-corrected chi connectivity index (χ1v) is 12.7. The third-order valence-electron chi connectivity index (χ3n) is 6.72. The van der Waals surface area contributed by atoms with Crippen LogP contribution in [0.2, 0.25) is 0 Å². The van der Waals surface area contributed by atoms with Crippen LogP contribution in [-0.2, 0) is 17.6 Å². The van der Waals surface area contributed by atoms with Crippen molar-refractivity contribution in [2.24, 2.45) is 0 Å². The number of amides is 1. The number of fused-ring (bicyclic) bond motifs is 2. The number of aryl methyl sites for hydroxylation is 1. The van der Waals surface area contributed by atoms with Crippen LogP contribution in [0.3, 0.4) is 0 Å². The number of nitrogens with one attached hydrogen (secondary N) is 1. The molecule has 9 heteroatoms. The Morgan fingerprint density at radius 2 is 2.03 bits per heavy atom. The van der Waals surface area contributed by atoms with Crippen molar-refractivity contribution in [3.05, 3.63) is 83.3 Å². The molecule has 9 nitrogen and oxygen atoms in total. The van der Waals surface area contributed by atoms with Crippen LogP contribution in [-0.4, -0.2) is 63.9 Å². The zero-order valence-corrected chi connectivity index (χ0v) is 21.6. The Hall–Kier alpha value is -4.40. The van der Waals surface area contributed by atoms with Gasteiger partial charge >= 0.3 is 5.97 Å². The van der Waals surface area contributed by atoms with Gasteiger partial charge in [-0.05, 0) is 60.9 Å². The quantitative estimate of drug-likeness (QED) is 0.346. The molecule has 0 aliphatic carbocycles. The summed E-state index contributed by atoms with van der Waals surface area (Å²) in [4.78, 5) is 30.5. The van der Waals surface area contributed by atoms with Crippen molar-refractivity contribution in [3.63, 3.8) is 0 Å². The number of hydrogen-bond acceptors (Lipinski definition) is 6. The standard InChI is InChI=1S/C29H31N5O4/c1-33(2)29(37)20-6-3-5-19(15-20)27(17-28(35)36)34-26-11-9-23(16-21(26)18-31-34)38-14-12-22-8-10-24-25(32-22)7-4-13-30-24/h3,5-6,8-11,15-16,18,27,30H,4,7,12-14,17H2,1-2H3,(H,35,36)/t27-/m0/s1. The minimum absolute atomic E-state index is 0.143. The van der Waals surface area contributed by atoms with E-state index in [1.165, 1.54) is 4.90 Å². The van der Waals surface area contributed by atoms with Gasteiger partial charge in [0.2, 0.25) is 0 Å². The van der Waals surface area contributed by atoms with Crippen LogP contribution in [0.15, 0.2) is 60.8 Å². The molecule has 0 bridgehead atoms. The van der Waals surface area contributed by atoms with Gasteiger partial charge in [0.15, 0.2) is 0 Å². The van der Waals surface area contributed by atoms with Crippen LogP contribution < -0.4 is 10.1 Å². The topological polar surface area (TPSA) is 110 Å². The largest absolute Gasteiger partial charge is 0.493 e. The zero-order chi connectivity index (χ0) is 26.6. The van der Waals surface area contributed by atoms with Gasteiger partial charge in [0.1, 0.15) is 5.75 Å².